The number of carboxylic acid groups (broad SMARTS) is 1. The summed E-state index contributed by atoms with van der Waals surface area (Å²) in [5.74, 6) is -3.01. The molecule has 0 aromatic heterocycles. The zero-order valence-corrected chi connectivity index (χ0v) is 14.3. The van der Waals surface area contributed by atoms with Crippen LogP contribution in [0.3, 0.4) is 0 Å². The number of alkyl halides is 3. The molecule has 1 amide bonds. The summed E-state index contributed by atoms with van der Waals surface area (Å²) in [6.07, 6.45) is -5.05. The van der Waals surface area contributed by atoms with E-state index < -0.39 is 42.4 Å². The lowest BCUT2D eigenvalue weighted by molar-refractivity contribution is -0.227. The molecule has 1 aromatic rings. The number of rotatable bonds is 3. The second-order valence-corrected chi connectivity index (χ2v) is 7.42. The highest BCUT2D eigenvalue weighted by Gasteiger charge is 2.65. The van der Waals surface area contributed by atoms with Gasteiger partial charge in [-0.1, -0.05) is 23.2 Å². The molecule has 0 bridgehead atoms. The van der Waals surface area contributed by atoms with Gasteiger partial charge in [0.1, 0.15) is 0 Å². The zero-order valence-electron chi connectivity index (χ0n) is 12.8. The lowest BCUT2D eigenvalue weighted by Crippen LogP contribution is -2.48. The second-order valence-electron chi connectivity index (χ2n) is 6.55. The highest BCUT2D eigenvalue weighted by molar-refractivity contribution is 6.34. The van der Waals surface area contributed by atoms with Gasteiger partial charge < -0.3 is 10.0 Å². The SMILES string of the molecule is O=C(C1CC1c1cc(Cl)cc(Cl)c1)N1CCC(C(=O)O)(C(F)(F)F)C1. The number of carbonyl (C=O) groups excluding carboxylic acids is 1. The van der Waals surface area contributed by atoms with E-state index in [1.54, 1.807) is 18.2 Å². The van der Waals surface area contributed by atoms with E-state index in [1.807, 2.05) is 0 Å². The Bertz CT molecular complexity index is 720. The van der Waals surface area contributed by atoms with Crippen molar-refractivity contribution in [3.63, 3.8) is 0 Å². The lowest BCUT2D eigenvalue weighted by atomic mass is 9.86. The summed E-state index contributed by atoms with van der Waals surface area (Å²) in [5.41, 5.74) is -2.12. The Balaban J connectivity index is 1.73. The predicted molar refractivity (Wildman–Crippen MR) is 84.6 cm³/mol. The van der Waals surface area contributed by atoms with E-state index in [0.29, 0.717) is 16.5 Å². The Hall–Kier alpha value is -1.47. The van der Waals surface area contributed by atoms with Crippen molar-refractivity contribution in [2.24, 2.45) is 11.3 Å². The summed E-state index contributed by atoms with van der Waals surface area (Å²) in [4.78, 5) is 24.7. The molecule has 1 aliphatic carbocycles. The van der Waals surface area contributed by atoms with Gasteiger partial charge in [-0.2, -0.15) is 13.2 Å². The monoisotopic (exact) mass is 395 g/mol. The van der Waals surface area contributed by atoms with Crippen LogP contribution in [-0.4, -0.2) is 41.1 Å². The quantitative estimate of drug-likeness (QED) is 0.842. The van der Waals surface area contributed by atoms with Gasteiger partial charge in [-0.15, -0.1) is 0 Å². The van der Waals surface area contributed by atoms with Gasteiger partial charge in [0, 0.05) is 29.1 Å². The molecule has 0 spiro atoms. The standard InChI is InChI=1S/C16H14Cl2F3NO3/c17-9-3-8(4-10(18)5-9)11-6-12(11)13(23)22-2-1-15(7-22,14(24)25)16(19,20)21/h3-5,11-12H,1-2,6-7H2,(H,24,25). The summed E-state index contributed by atoms with van der Waals surface area (Å²) in [6.45, 7) is -1.06. The Morgan fingerprint density at radius 2 is 1.80 bits per heavy atom. The number of halogens is 5. The summed E-state index contributed by atoms with van der Waals surface area (Å²) in [7, 11) is 0. The van der Waals surface area contributed by atoms with Crippen molar-refractivity contribution >= 4 is 35.1 Å². The summed E-state index contributed by atoms with van der Waals surface area (Å²) >= 11 is 11.9. The van der Waals surface area contributed by atoms with Gasteiger partial charge in [0.2, 0.25) is 5.91 Å². The zero-order chi connectivity index (χ0) is 18.6. The number of benzene rings is 1. The maximum absolute atomic E-state index is 13.2. The number of hydrogen-bond acceptors (Lipinski definition) is 2. The van der Waals surface area contributed by atoms with Crippen LogP contribution in [-0.2, 0) is 9.59 Å². The Morgan fingerprint density at radius 3 is 2.28 bits per heavy atom. The van der Waals surface area contributed by atoms with E-state index in [4.69, 9.17) is 28.3 Å². The molecule has 3 atom stereocenters. The molecule has 25 heavy (non-hydrogen) atoms. The Morgan fingerprint density at radius 1 is 1.20 bits per heavy atom. The first kappa shape index (κ1) is 18.3. The van der Waals surface area contributed by atoms with E-state index in [9.17, 15) is 22.8 Å². The van der Waals surface area contributed by atoms with Crippen LogP contribution < -0.4 is 0 Å². The molecule has 2 aliphatic rings. The van der Waals surface area contributed by atoms with Crippen LogP contribution in [0.2, 0.25) is 10.0 Å². The van der Waals surface area contributed by atoms with Crippen molar-refractivity contribution in [2.45, 2.75) is 24.9 Å². The van der Waals surface area contributed by atoms with Crippen molar-refractivity contribution < 1.29 is 27.9 Å². The number of carboxylic acids is 1. The first-order valence-corrected chi connectivity index (χ1v) is 8.36. The van der Waals surface area contributed by atoms with Crippen molar-refractivity contribution in [3.05, 3.63) is 33.8 Å². The molecular formula is C16H14Cl2F3NO3. The van der Waals surface area contributed by atoms with Crippen LogP contribution in [0.1, 0.15) is 24.3 Å². The molecule has 1 N–H and O–H groups in total. The number of nitrogens with zero attached hydrogens (tertiary/aromatic N) is 1. The summed E-state index contributed by atoms with van der Waals surface area (Å²) in [5, 5.41) is 9.90. The number of carbonyl (C=O) groups is 2. The molecule has 3 rings (SSSR count). The van der Waals surface area contributed by atoms with Gasteiger partial charge in [-0.25, -0.2) is 0 Å². The highest BCUT2D eigenvalue weighted by atomic mass is 35.5. The summed E-state index contributed by atoms with van der Waals surface area (Å²) < 4.78 is 39.6. The third kappa shape index (κ3) is 3.19. The fraction of sp³-hybridized carbons (Fsp3) is 0.500. The number of hydrogen-bond donors (Lipinski definition) is 1. The van der Waals surface area contributed by atoms with Gasteiger partial charge >= 0.3 is 12.1 Å². The van der Waals surface area contributed by atoms with E-state index in [1.165, 1.54) is 0 Å². The smallest absolute Gasteiger partial charge is 0.406 e. The molecule has 4 nitrogen and oxygen atoms in total. The number of aliphatic carboxylic acids is 1. The number of amides is 1. The lowest BCUT2D eigenvalue weighted by Gasteiger charge is -2.27. The van der Waals surface area contributed by atoms with E-state index in [2.05, 4.69) is 0 Å². The van der Waals surface area contributed by atoms with Gasteiger partial charge in [-0.05, 0) is 42.5 Å². The van der Waals surface area contributed by atoms with Crippen molar-refractivity contribution in [1.82, 2.24) is 4.90 Å². The first-order chi connectivity index (χ1) is 11.5. The van der Waals surface area contributed by atoms with Crippen molar-refractivity contribution in [1.29, 1.82) is 0 Å². The van der Waals surface area contributed by atoms with Crippen molar-refractivity contribution in [2.75, 3.05) is 13.1 Å². The minimum absolute atomic E-state index is 0.158. The Kier molecular flexibility index (Phi) is 4.44. The topological polar surface area (TPSA) is 57.6 Å². The van der Waals surface area contributed by atoms with Gasteiger partial charge in [-0.3, -0.25) is 9.59 Å². The molecule has 0 radical (unpaired) electrons. The molecule has 1 heterocycles. The third-order valence-electron chi connectivity index (χ3n) is 4.95. The largest absolute Gasteiger partial charge is 0.481 e. The van der Waals surface area contributed by atoms with E-state index >= 15 is 0 Å². The van der Waals surface area contributed by atoms with Crippen LogP contribution in [0.4, 0.5) is 13.2 Å². The van der Waals surface area contributed by atoms with Crippen LogP contribution >= 0.6 is 23.2 Å². The first-order valence-electron chi connectivity index (χ1n) is 7.60. The molecule has 1 saturated carbocycles. The molecule has 1 saturated heterocycles. The second kappa shape index (κ2) is 6.06. The molecule has 1 aliphatic heterocycles. The molecular weight excluding hydrogens is 382 g/mol. The van der Waals surface area contributed by atoms with E-state index in [0.717, 1.165) is 10.5 Å². The fourth-order valence-electron chi connectivity index (χ4n) is 3.39. The maximum Gasteiger partial charge on any atom is 0.406 e. The third-order valence-corrected chi connectivity index (χ3v) is 5.39. The van der Waals surface area contributed by atoms with Gasteiger partial charge in [0.05, 0.1) is 0 Å². The van der Waals surface area contributed by atoms with Gasteiger partial charge in [0.25, 0.3) is 0 Å². The van der Waals surface area contributed by atoms with Crippen LogP contribution in [0.15, 0.2) is 18.2 Å². The molecule has 1 aromatic carbocycles. The Labute approximate surface area is 151 Å². The summed E-state index contributed by atoms with van der Waals surface area (Å²) in [6, 6.07) is 4.90. The molecule has 3 unspecified atom stereocenters. The van der Waals surface area contributed by atoms with Crippen LogP contribution in [0, 0.1) is 11.3 Å². The number of likely N-dealkylation sites (tertiary alicyclic amines) is 1. The minimum atomic E-state index is -4.91. The average molecular weight is 396 g/mol. The van der Waals surface area contributed by atoms with E-state index in [-0.39, 0.29) is 12.5 Å². The fourth-order valence-corrected chi connectivity index (χ4v) is 3.93. The predicted octanol–water partition coefficient (Wildman–Crippen LogP) is 3.96. The van der Waals surface area contributed by atoms with Crippen molar-refractivity contribution in [3.8, 4) is 0 Å². The highest BCUT2D eigenvalue weighted by Crippen LogP contribution is 2.52. The van der Waals surface area contributed by atoms with Crippen LogP contribution in [0.25, 0.3) is 0 Å². The molecule has 2 fully saturated rings. The van der Waals surface area contributed by atoms with Crippen LogP contribution in [0.5, 0.6) is 0 Å². The van der Waals surface area contributed by atoms with Gasteiger partial charge in [0.15, 0.2) is 5.41 Å². The molecule has 9 heteroatoms. The minimum Gasteiger partial charge on any atom is -0.481 e. The maximum atomic E-state index is 13.2. The normalized spacial score (nSPS) is 28.9. The average Bonchev–Trinajstić information content (AvgIpc) is 3.13. The molecule has 136 valence electrons.